The summed E-state index contributed by atoms with van der Waals surface area (Å²) in [5.41, 5.74) is 0. The molecule has 0 rings (SSSR count). The van der Waals surface area contributed by atoms with Gasteiger partial charge >= 0.3 is 60.8 Å². The van der Waals surface area contributed by atoms with E-state index in [2.05, 4.69) is 0 Å². The van der Waals surface area contributed by atoms with Crippen LogP contribution >= 0.6 is 0 Å². The topological polar surface area (TPSA) is 126 Å². The Bertz CT molecular complexity index is 76.6. The van der Waals surface area contributed by atoms with Gasteiger partial charge in [0.2, 0.25) is 0 Å². The van der Waals surface area contributed by atoms with Crippen LogP contribution in [0.4, 0.5) is 0 Å². The average Bonchev–Trinajstić information content (AvgIpc) is 1.25. The molecule has 0 fully saturated rings. The zero-order chi connectivity index (χ0) is 7.15. The molecule has 48 valence electrons. The maximum atomic E-state index is 8.52. The third-order valence-corrected chi connectivity index (χ3v) is 0. The van der Waals surface area contributed by atoms with Gasteiger partial charge in [-0.25, -0.2) is 0 Å². The van der Waals surface area contributed by atoms with Gasteiger partial charge in [0.15, 0.2) is 0 Å². The first-order chi connectivity index (χ1) is 3.46. The molecule has 11 heteroatoms. The molecule has 0 aliphatic heterocycles. The van der Waals surface area contributed by atoms with Gasteiger partial charge in [0.25, 0.3) is 0 Å². The smallest absolute Gasteiger partial charge is 0.672 e. The number of rotatable bonds is 0. The molecule has 0 bridgehead atoms. The summed E-state index contributed by atoms with van der Waals surface area (Å²) in [7, 11) is -7.26. The van der Waals surface area contributed by atoms with Crippen LogP contribution in [0, 0.1) is 0 Å². The van der Waals surface area contributed by atoms with Gasteiger partial charge in [-0.05, 0) is 0 Å². The van der Waals surface area contributed by atoms with Crippen molar-refractivity contribution in [3.8, 4) is 0 Å². The molecule has 6 nitrogen and oxygen atoms in total. The average molecular weight is 190 g/mol. The molecule has 0 amide bonds. The minimum absolute atomic E-state index is 0. The van der Waals surface area contributed by atoms with Crippen molar-refractivity contribution < 1.29 is 65.8 Å². The second kappa shape index (κ2) is 22.5. The van der Waals surface area contributed by atoms with Crippen LogP contribution in [0.15, 0.2) is 0 Å². The summed E-state index contributed by atoms with van der Waals surface area (Å²) in [6.07, 6.45) is 0. The fraction of sp³-hybridized carbons (Fsp3) is 0. The van der Waals surface area contributed by atoms with E-state index in [0.717, 1.165) is 0 Å². The fourth-order valence-electron chi connectivity index (χ4n) is 0. The standard InChI is InChI=1S/2Li.Mg.2O3Si/c;;;2*1-4(2)3/q2*+1;+2;2*-2. The Labute approximate surface area is 106 Å². The Hall–Kier alpha value is 1.19. The first-order valence-corrected chi connectivity index (χ1v) is 3.67. The van der Waals surface area contributed by atoms with E-state index in [-0.39, 0.29) is 60.8 Å². The molecule has 0 unspecified atom stereocenters. The normalized spacial score (nSPS) is 4.36. The quantitative estimate of drug-likeness (QED) is 0.349. The fourth-order valence-corrected chi connectivity index (χ4v) is 0. The minimum Gasteiger partial charge on any atom is -0.672 e. The summed E-state index contributed by atoms with van der Waals surface area (Å²) in [5.74, 6) is 0. The van der Waals surface area contributed by atoms with Gasteiger partial charge in [0.05, 0.1) is 0 Å². The van der Waals surface area contributed by atoms with E-state index in [1.807, 2.05) is 0 Å². The van der Waals surface area contributed by atoms with Crippen molar-refractivity contribution in [1.29, 1.82) is 0 Å². The number of hydrogen-bond acceptors (Lipinski definition) is 6. The summed E-state index contributed by atoms with van der Waals surface area (Å²) in [6.45, 7) is 0. The molecule has 11 heavy (non-hydrogen) atoms. The van der Waals surface area contributed by atoms with Crippen molar-refractivity contribution >= 4 is 41.4 Å². The molecule has 0 aromatic carbocycles. The van der Waals surface area contributed by atoms with Crippen LogP contribution in [-0.4, -0.2) is 41.4 Å². The molecular formula is Li2MgO6Si2. The van der Waals surface area contributed by atoms with E-state index < -0.39 is 18.3 Å². The van der Waals surface area contributed by atoms with Crippen LogP contribution < -0.4 is 56.9 Å². The zero-order valence-corrected chi connectivity index (χ0v) is 9.57. The molecule has 0 saturated carbocycles. The predicted octanol–water partition coefficient (Wildman–Crippen LogP) is -12.1. The van der Waals surface area contributed by atoms with Crippen LogP contribution in [0.2, 0.25) is 0 Å². The summed E-state index contributed by atoms with van der Waals surface area (Å²) >= 11 is 0. The number of hydrogen-bond donors (Lipinski definition) is 0. The van der Waals surface area contributed by atoms with Gasteiger partial charge in [-0.15, -0.1) is 0 Å². The Morgan fingerprint density at radius 2 is 0.727 bits per heavy atom. The Morgan fingerprint density at radius 1 is 0.727 bits per heavy atom. The summed E-state index contributed by atoms with van der Waals surface area (Å²) in [6, 6.07) is 0. The molecular weight excluding hydrogens is 190 g/mol. The van der Waals surface area contributed by atoms with Gasteiger partial charge < -0.3 is 28.1 Å². The van der Waals surface area contributed by atoms with E-state index in [1.165, 1.54) is 0 Å². The van der Waals surface area contributed by atoms with Crippen molar-refractivity contribution in [2.75, 3.05) is 0 Å². The third-order valence-electron chi connectivity index (χ3n) is 0. The van der Waals surface area contributed by atoms with Crippen molar-refractivity contribution in [2.24, 2.45) is 0 Å². The summed E-state index contributed by atoms with van der Waals surface area (Å²) in [4.78, 5) is 34.1. The summed E-state index contributed by atoms with van der Waals surface area (Å²) < 4.78 is 17.0. The predicted molar refractivity (Wildman–Crippen MR) is 18.6 cm³/mol. The second-order valence-electron chi connectivity index (χ2n) is 0.500. The van der Waals surface area contributed by atoms with Crippen molar-refractivity contribution in [3.63, 3.8) is 0 Å². The molecule has 0 atom stereocenters. The molecule has 0 spiro atoms. The van der Waals surface area contributed by atoms with Crippen LogP contribution in [0.5, 0.6) is 0 Å². The molecule has 0 saturated heterocycles. The van der Waals surface area contributed by atoms with Gasteiger partial charge in [0, 0.05) is 18.3 Å². The van der Waals surface area contributed by atoms with Crippen LogP contribution in [0.3, 0.4) is 0 Å². The van der Waals surface area contributed by atoms with E-state index in [1.54, 1.807) is 0 Å². The Kier molecular flexibility index (Phi) is 60.3. The molecule has 0 aromatic rings. The molecule has 0 aliphatic rings. The zero-order valence-electron chi connectivity index (χ0n) is 6.16. The molecule has 0 aromatic heterocycles. The van der Waals surface area contributed by atoms with Gasteiger partial charge in [-0.3, -0.25) is 0 Å². The molecule has 0 radical (unpaired) electrons. The van der Waals surface area contributed by atoms with E-state index in [4.69, 9.17) is 28.1 Å². The monoisotopic (exact) mass is 190 g/mol. The Balaban J connectivity index is -0.0000000171. The van der Waals surface area contributed by atoms with Crippen molar-refractivity contribution in [1.82, 2.24) is 0 Å². The summed E-state index contributed by atoms with van der Waals surface area (Å²) in [5, 5.41) is 0. The van der Waals surface area contributed by atoms with Crippen molar-refractivity contribution in [2.45, 2.75) is 0 Å². The minimum atomic E-state index is -3.63. The van der Waals surface area contributed by atoms with Crippen LogP contribution in [0.1, 0.15) is 0 Å². The molecule has 0 N–H and O–H groups in total. The van der Waals surface area contributed by atoms with Crippen molar-refractivity contribution in [3.05, 3.63) is 0 Å². The van der Waals surface area contributed by atoms with E-state index in [0.29, 0.717) is 0 Å². The van der Waals surface area contributed by atoms with Crippen LogP contribution in [-0.2, 0) is 8.92 Å². The molecule has 0 aliphatic carbocycles. The first kappa shape index (κ1) is 29.5. The van der Waals surface area contributed by atoms with Crippen LogP contribution in [0.25, 0.3) is 0 Å². The SMILES string of the molecule is O=[Si]([O-])[O-].O=[Si]([O-])[O-].[Li+].[Li+].[Mg+2]. The molecule has 0 heterocycles. The largest absolute Gasteiger partial charge is 2.00 e. The second-order valence-corrected chi connectivity index (χ2v) is 1.50. The van der Waals surface area contributed by atoms with Gasteiger partial charge in [-0.2, -0.15) is 0 Å². The van der Waals surface area contributed by atoms with Gasteiger partial charge in [0.1, 0.15) is 0 Å². The first-order valence-electron chi connectivity index (χ1n) is 1.22. The van der Waals surface area contributed by atoms with E-state index in [9.17, 15) is 0 Å². The van der Waals surface area contributed by atoms with E-state index >= 15 is 0 Å². The van der Waals surface area contributed by atoms with Gasteiger partial charge in [-0.1, -0.05) is 0 Å². The maximum Gasteiger partial charge on any atom is 2.00 e. The Morgan fingerprint density at radius 3 is 0.727 bits per heavy atom. The maximum absolute atomic E-state index is 8.52. The third kappa shape index (κ3) is 663.